The molecule has 3 aromatic rings. The summed E-state index contributed by atoms with van der Waals surface area (Å²) in [6.07, 6.45) is 1.53. The van der Waals surface area contributed by atoms with E-state index in [-0.39, 0.29) is 23.0 Å². The van der Waals surface area contributed by atoms with Gasteiger partial charge in [0.1, 0.15) is 6.61 Å². The van der Waals surface area contributed by atoms with Crippen LogP contribution in [0, 0.1) is 10.1 Å². The van der Waals surface area contributed by atoms with Crippen LogP contribution in [-0.4, -0.2) is 34.4 Å². The molecule has 0 amide bonds. The number of nitrogens with one attached hydrogen (secondary N) is 2. The Bertz CT molecular complexity index is 1230. The van der Waals surface area contributed by atoms with Gasteiger partial charge < -0.3 is 19.9 Å². The Morgan fingerprint density at radius 2 is 1.91 bits per heavy atom. The molecule has 174 valence electrons. The highest BCUT2D eigenvalue weighted by molar-refractivity contribution is 7.80. The molecule has 10 nitrogen and oxygen atoms in total. The van der Waals surface area contributed by atoms with Crippen LogP contribution in [0.1, 0.15) is 21.5 Å². The van der Waals surface area contributed by atoms with E-state index < -0.39 is 10.9 Å². The van der Waals surface area contributed by atoms with Gasteiger partial charge in [0.2, 0.25) is 0 Å². The molecule has 0 fully saturated rings. The van der Waals surface area contributed by atoms with Crippen molar-refractivity contribution in [1.82, 2.24) is 5.43 Å². The molecule has 3 aromatic carbocycles. The quantitative estimate of drug-likeness (QED) is 0.178. The molecular weight excluding hydrogens is 460 g/mol. The van der Waals surface area contributed by atoms with Crippen LogP contribution in [0.4, 0.5) is 11.4 Å². The highest BCUT2D eigenvalue weighted by atomic mass is 32.1. The highest BCUT2D eigenvalue weighted by Gasteiger charge is 2.08. The number of hydrazone groups is 1. The lowest BCUT2D eigenvalue weighted by Crippen LogP contribution is -2.24. The number of non-ortho nitro benzene ring substituents is 1. The van der Waals surface area contributed by atoms with Crippen molar-refractivity contribution in [2.24, 2.45) is 5.10 Å². The van der Waals surface area contributed by atoms with Crippen molar-refractivity contribution in [3.8, 4) is 11.5 Å². The first-order valence-corrected chi connectivity index (χ1v) is 10.2. The van der Waals surface area contributed by atoms with Gasteiger partial charge in [0, 0.05) is 17.8 Å². The van der Waals surface area contributed by atoms with Gasteiger partial charge in [-0.05, 0) is 71.9 Å². The largest absolute Gasteiger partial charge is 0.493 e. The van der Waals surface area contributed by atoms with Crippen molar-refractivity contribution >= 4 is 40.9 Å². The third kappa shape index (κ3) is 6.74. The minimum Gasteiger partial charge on any atom is -0.493 e. The molecule has 0 unspecified atom stereocenters. The molecular formula is C23H20N4O6S. The molecule has 0 heterocycles. The molecule has 0 saturated carbocycles. The van der Waals surface area contributed by atoms with Crippen molar-refractivity contribution in [2.75, 3.05) is 12.4 Å². The number of nitro groups is 1. The topological polar surface area (TPSA) is 135 Å². The average Bonchev–Trinajstić information content (AvgIpc) is 2.83. The summed E-state index contributed by atoms with van der Waals surface area (Å²) in [7, 11) is 1.51. The Morgan fingerprint density at radius 3 is 2.59 bits per heavy atom. The van der Waals surface area contributed by atoms with E-state index >= 15 is 0 Å². The third-order valence-corrected chi connectivity index (χ3v) is 4.67. The highest BCUT2D eigenvalue weighted by Crippen LogP contribution is 2.28. The van der Waals surface area contributed by atoms with Crippen molar-refractivity contribution in [2.45, 2.75) is 6.61 Å². The van der Waals surface area contributed by atoms with Crippen LogP contribution in [0.3, 0.4) is 0 Å². The predicted molar refractivity (Wildman–Crippen MR) is 131 cm³/mol. The van der Waals surface area contributed by atoms with E-state index in [4.69, 9.17) is 26.8 Å². The first kappa shape index (κ1) is 24.1. The third-order valence-electron chi connectivity index (χ3n) is 4.48. The standard InChI is InChI=1S/C23H20N4O6S/c1-32-21-11-16(7-10-20(21)33-14-15-5-8-19(9-6-15)27(30)31)13-24-26-23(34)25-18-4-2-3-17(12-18)22(28)29/h2-13H,14H2,1H3,(H,28,29)(H2,25,26,34)/b24-13+. The van der Waals surface area contributed by atoms with Crippen LogP contribution in [0.25, 0.3) is 0 Å². The van der Waals surface area contributed by atoms with E-state index in [1.54, 1.807) is 42.5 Å². The zero-order valence-corrected chi connectivity index (χ0v) is 18.7. The van der Waals surface area contributed by atoms with E-state index in [9.17, 15) is 14.9 Å². The van der Waals surface area contributed by atoms with Gasteiger partial charge in [-0.1, -0.05) is 6.07 Å². The fraction of sp³-hybridized carbons (Fsp3) is 0.0870. The molecule has 0 bridgehead atoms. The predicted octanol–water partition coefficient (Wildman–Crippen LogP) is 4.20. The Balaban J connectivity index is 1.57. The number of rotatable bonds is 9. The summed E-state index contributed by atoms with van der Waals surface area (Å²) in [4.78, 5) is 21.3. The Hall–Kier alpha value is -4.51. The van der Waals surface area contributed by atoms with Crippen LogP contribution in [0.15, 0.2) is 71.8 Å². The summed E-state index contributed by atoms with van der Waals surface area (Å²) in [6, 6.07) is 17.6. The number of methoxy groups -OCH3 is 1. The van der Waals surface area contributed by atoms with Gasteiger partial charge in [-0.15, -0.1) is 0 Å². The van der Waals surface area contributed by atoms with E-state index in [0.29, 0.717) is 22.7 Å². The second kappa shape index (κ2) is 11.4. The Labute approximate surface area is 200 Å². The second-order valence-electron chi connectivity index (χ2n) is 6.83. The maximum Gasteiger partial charge on any atom is 0.335 e. The number of carbonyl (C=O) groups is 1. The molecule has 0 atom stereocenters. The monoisotopic (exact) mass is 480 g/mol. The number of aromatic carboxylic acids is 1. The number of ether oxygens (including phenoxy) is 2. The molecule has 0 saturated heterocycles. The van der Waals surface area contributed by atoms with Gasteiger partial charge in [-0.2, -0.15) is 5.10 Å². The number of hydrogen-bond acceptors (Lipinski definition) is 7. The number of carboxylic acid groups (broad SMARTS) is 1. The first-order valence-electron chi connectivity index (χ1n) is 9.83. The molecule has 11 heteroatoms. The zero-order valence-electron chi connectivity index (χ0n) is 17.9. The number of carboxylic acids is 1. The van der Waals surface area contributed by atoms with Gasteiger partial charge in [-0.3, -0.25) is 15.5 Å². The molecule has 0 aromatic heterocycles. The fourth-order valence-corrected chi connectivity index (χ4v) is 2.98. The van der Waals surface area contributed by atoms with Crippen molar-refractivity contribution < 1.29 is 24.3 Å². The molecule has 3 rings (SSSR count). The van der Waals surface area contributed by atoms with Gasteiger partial charge in [-0.25, -0.2) is 4.79 Å². The molecule has 0 radical (unpaired) electrons. The smallest absolute Gasteiger partial charge is 0.335 e. The van der Waals surface area contributed by atoms with Gasteiger partial charge in [0.15, 0.2) is 16.6 Å². The van der Waals surface area contributed by atoms with Crippen LogP contribution in [0.5, 0.6) is 11.5 Å². The number of benzene rings is 3. The number of hydrogen-bond donors (Lipinski definition) is 3. The molecule has 0 aliphatic carbocycles. The van der Waals surface area contributed by atoms with Gasteiger partial charge in [0.05, 0.1) is 23.8 Å². The van der Waals surface area contributed by atoms with Crippen molar-refractivity contribution in [3.63, 3.8) is 0 Å². The summed E-state index contributed by atoms with van der Waals surface area (Å²) >= 11 is 5.17. The number of nitrogens with zero attached hydrogens (tertiary/aromatic N) is 2. The summed E-state index contributed by atoms with van der Waals surface area (Å²) in [6.45, 7) is 0.215. The van der Waals surface area contributed by atoms with E-state index in [1.807, 2.05) is 0 Å². The van der Waals surface area contributed by atoms with Crippen LogP contribution < -0.4 is 20.2 Å². The lowest BCUT2D eigenvalue weighted by Gasteiger charge is -2.11. The van der Waals surface area contributed by atoms with E-state index in [1.165, 1.54) is 37.6 Å². The minimum absolute atomic E-state index is 0.0158. The Morgan fingerprint density at radius 1 is 1.15 bits per heavy atom. The number of nitro benzene ring substituents is 1. The fourth-order valence-electron chi connectivity index (χ4n) is 2.81. The maximum atomic E-state index is 11.1. The summed E-state index contributed by atoms with van der Waals surface area (Å²) in [5.41, 5.74) is 4.82. The minimum atomic E-state index is -1.03. The van der Waals surface area contributed by atoms with Crippen molar-refractivity contribution in [3.05, 3.63) is 93.5 Å². The van der Waals surface area contributed by atoms with Crippen LogP contribution >= 0.6 is 12.2 Å². The van der Waals surface area contributed by atoms with Crippen LogP contribution in [0.2, 0.25) is 0 Å². The molecule has 34 heavy (non-hydrogen) atoms. The van der Waals surface area contributed by atoms with Gasteiger partial charge >= 0.3 is 5.97 Å². The molecule has 3 N–H and O–H groups in total. The second-order valence-corrected chi connectivity index (χ2v) is 7.24. The van der Waals surface area contributed by atoms with E-state index in [0.717, 1.165) is 5.56 Å². The SMILES string of the molecule is COc1cc(/C=N/NC(=S)Nc2cccc(C(=O)O)c2)ccc1OCc1ccc([N+](=O)[O-])cc1. The molecule has 0 aliphatic heterocycles. The Kier molecular flexibility index (Phi) is 8.08. The number of anilines is 1. The lowest BCUT2D eigenvalue weighted by atomic mass is 10.2. The van der Waals surface area contributed by atoms with Crippen LogP contribution in [-0.2, 0) is 6.61 Å². The average molecular weight is 481 g/mol. The lowest BCUT2D eigenvalue weighted by molar-refractivity contribution is -0.384. The first-order chi connectivity index (χ1) is 16.4. The normalized spacial score (nSPS) is 10.5. The number of thiocarbonyl (C=S) groups is 1. The van der Waals surface area contributed by atoms with E-state index in [2.05, 4.69) is 15.8 Å². The summed E-state index contributed by atoms with van der Waals surface area (Å²) in [5, 5.41) is 26.9. The maximum absolute atomic E-state index is 11.1. The summed E-state index contributed by atoms with van der Waals surface area (Å²) in [5.74, 6) is -0.0480. The van der Waals surface area contributed by atoms with Gasteiger partial charge in [0.25, 0.3) is 5.69 Å². The molecule has 0 spiro atoms. The zero-order chi connectivity index (χ0) is 24.5. The summed E-state index contributed by atoms with van der Waals surface area (Å²) < 4.78 is 11.2. The molecule has 0 aliphatic rings. The van der Waals surface area contributed by atoms with Crippen molar-refractivity contribution in [1.29, 1.82) is 0 Å².